The third-order valence-corrected chi connectivity index (χ3v) is 4.33. The van der Waals surface area contributed by atoms with E-state index in [1.807, 2.05) is 24.3 Å². The van der Waals surface area contributed by atoms with Crippen molar-refractivity contribution in [2.45, 2.75) is 17.7 Å². The molecular formula is C16H13BrFNO. The number of alkyl halides is 1. The molecule has 0 saturated heterocycles. The molecule has 0 spiro atoms. The first kappa shape index (κ1) is 13.3. The molecule has 1 N–H and O–H groups in total. The Labute approximate surface area is 125 Å². The van der Waals surface area contributed by atoms with Crippen molar-refractivity contribution in [2.24, 2.45) is 0 Å². The van der Waals surface area contributed by atoms with Gasteiger partial charge in [0.2, 0.25) is 5.91 Å². The van der Waals surface area contributed by atoms with Gasteiger partial charge in [-0.15, -0.1) is 0 Å². The number of hydrogen-bond donors (Lipinski definition) is 1. The molecule has 3 rings (SSSR count). The molecule has 20 heavy (non-hydrogen) atoms. The van der Waals surface area contributed by atoms with Gasteiger partial charge in [0.05, 0.1) is 6.42 Å². The van der Waals surface area contributed by atoms with Gasteiger partial charge in [-0.25, -0.2) is 4.39 Å². The summed E-state index contributed by atoms with van der Waals surface area (Å²) >= 11 is 3.61. The number of nitrogens with one attached hydrogen (secondary N) is 1. The van der Waals surface area contributed by atoms with E-state index in [9.17, 15) is 9.18 Å². The van der Waals surface area contributed by atoms with E-state index < -0.39 is 0 Å². The lowest BCUT2D eigenvalue weighted by Crippen LogP contribution is -2.03. The highest BCUT2D eigenvalue weighted by molar-refractivity contribution is 9.09. The first-order chi connectivity index (χ1) is 9.63. The molecule has 1 aliphatic heterocycles. The van der Waals surface area contributed by atoms with Crippen LogP contribution >= 0.6 is 15.9 Å². The molecule has 0 bridgehead atoms. The van der Waals surface area contributed by atoms with Crippen LogP contribution in [0.3, 0.4) is 0 Å². The second-order valence-electron chi connectivity index (χ2n) is 4.90. The first-order valence-electron chi connectivity index (χ1n) is 6.43. The van der Waals surface area contributed by atoms with Crippen LogP contribution in [-0.4, -0.2) is 5.91 Å². The van der Waals surface area contributed by atoms with Crippen molar-refractivity contribution in [1.82, 2.24) is 0 Å². The van der Waals surface area contributed by atoms with Gasteiger partial charge in [-0.3, -0.25) is 4.79 Å². The number of carbonyl (C=O) groups excluding carboxylic acids is 1. The minimum Gasteiger partial charge on any atom is -0.326 e. The molecule has 2 aromatic carbocycles. The number of hydrogen-bond acceptors (Lipinski definition) is 1. The largest absolute Gasteiger partial charge is 0.326 e. The molecule has 0 fully saturated rings. The van der Waals surface area contributed by atoms with Crippen LogP contribution in [0.15, 0.2) is 42.5 Å². The van der Waals surface area contributed by atoms with Crippen molar-refractivity contribution in [2.75, 3.05) is 5.32 Å². The van der Waals surface area contributed by atoms with Crippen LogP contribution in [0, 0.1) is 5.82 Å². The summed E-state index contributed by atoms with van der Waals surface area (Å²) in [6.07, 6.45) is 0.995. The van der Waals surface area contributed by atoms with Gasteiger partial charge >= 0.3 is 0 Å². The second kappa shape index (κ2) is 5.37. The zero-order valence-corrected chi connectivity index (χ0v) is 12.3. The fourth-order valence-electron chi connectivity index (χ4n) is 2.42. The number of rotatable bonds is 3. The molecule has 1 unspecified atom stereocenters. The summed E-state index contributed by atoms with van der Waals surface area (Å²) in [5, 5.41) is 2.81. The summed E-state index contributed by atoms with van der Waals surface area (Å²) in [5.41, 5.74) is 3.63. The Balaban J connectivity index is 1.82. The quantitative estimate of drug-likeness (QED) is 0.845. The van der Waals surface area contributed by atoms with Gasteiger partial charge in [-0.2, -0.15) is 0 Å². The predicted octanol–water partition coefficient (Wildman–Crippen LogP) is 4.00. The molecule has 102 valence electrons. The summed E-state index contributed by atoms with van der Waals surface area (Å²) in [6, 6.07) is 12.7. The third-order valence-electron chi connectivity index (χ3n) is 3.47. The fraction of sp³-hybridized carbons (Fsp3) is 0.188. The van der Waals surface area contributed by atoms with E-state index in [2.05, 4.69) is 21.2 Å². The Morgan fingerprint density at radius 1 is 1.25 bits per heavy atom. The topological polar surface area (TPSA) is 29.1 Å². The highest BCUT2D eigenvalue weighted by Crippen LogP contribution is 2.32. The Morgan fingerprint density at radius 3 is 2.85 bits per heavy atom. The molecule has 1 aliphatic rings. The molecule has 2 aromatic rings. The normalized spacial score (nSPS) is 14.8. The van der Waals surface area contributed by atoms with Gasteiger partial charge in [0, 0.05) is 10.5 Å². The fourth-order valence-corrected chi connectivity index (χ4v) is 3.05. The van der Waals surface area contributed by atoms with E-state index >= 15 is 0 Å². The van der Waals surface area contributed by atoms with Crippen LogP contribution < -0.4 is 5.32 Å². The Bertz CT molecular complexity index is 671. The number of halogens is 2. The lowest BCUT2D eigenvalue weighted by molar-refractivity contribution is -0.115. The first-order valence-corrected chi connectivity index (χ1v) is 7.35. The van der Waals surface area contributed by atoms with Gasteiger partial charge < -0.3 is 5.32 Å². The molecule has 1 heterocycles. The van der Waals surface area contributed by atoms with Crippen LogP contribution in [0.2, 0.25) is 0 Å². The van der Waals surface area contributed by atoms with Crippen molar-refractivity contribution in [3.8, 4) is 0 Å². The van der Waals surface area contributed by atoms with E-state index in [-0.39, 0.29) is 16.6 Å². The Hall–Kier alpha value is -1.68. The summed E-state index contributed by atoms with van der Waals surface area (Å²) in [6.45, 7) is 0. The van der Waals surface area contributed by atoms with Crippen LogP contribution in [0.4, 0.5) is 10.1 Å². The maximum Gasteiger partial charge on any atom is 0.228 e. The van der Waals surface area contributed by atoms with Crippen LogP contribution in [-0.2, 0) is 17.6 Å². The number of carbonyl (C=O) groups is 1. The average Bonchev–Trinajstić information content (AvgIpc) is 2.80. The van der Waals surface area contributed by atoms with Gasteiger partial charge in [-0.05, 0) is 35.2 Å². The third kappa shape index (κ3) is 2.61. The van der Waals surface area contributed by atoms with Gasteiger partial charge in [0.15, 0.2) is 0 Å². The molecule has 0 saturated carbocycles. The average molecular weight is 334 g/mol. The van der Waals surface area contributed by atoms with Gasteiger partial charge in [-0.1, -0.05) is 46.3 Å². The molecule has 0 radical (unpaired) electrons. The van der Waals surface area contributed by atoms with Crippen LogP contribution in [0.25, 0.3) is 0 Å². The van der Waals surface area contributed by atoms with Gasteiger partial charge in [0.25, 0.3) is 0 Å². The Kier molecular flexibility index (Phi) is 3.57. The SMILES string of the molecule is O=C1Cc2cc(C(Br)Cc3ccccc3F)ccc2N1. The predicted molar refractivity (Wildman–Crippen MR) is 80.5 cm³/mol. The highest BCUT2D eigenvalue weighted by atomic mass is 79.9. The van der Waals surface area contributed by atoms with Crippen LogP contribution in [0.1, 0.15) is 21.5 Å². The van der Waals surface area contributed by atoms with Crippen molar-refractivity contribution in [1.29, 1.82) is 0 Å². The second-order valence-corrected chi connectivity index (χ2v) is 6.01. The van der Waals surface area contributed by atoms with E-state index in [1.54, 1.807) is 12.1 Å². The van der Waals surface area contributed by atoms with Crippen LogP contribution in [0.5, 0.6) is 0 Å². The molecule has 1 atom stereocenters. The van der Waals surface area contributed by atoms with Crippen molar-refractivity contribution in [3.05, 3.63) is 65.0 Å². The Morgan fingerprint density at radius 2 is 2.05 bits per heavy atom. The molecule has 1 amide bonds. The van der Waals surface area contributed by atoms with E-state index in [0.717, 1.165) is 16.8 Å². The zero-order valence-electron chi connectivity index (χ0n) is 10.7. The summed E-state index contributed by atoms with van der Waals surface area (Å²) in [7, 11) is 0. The molecule has 2 nitrogen and oxygen atoms in total. The lowest BCUT2D eigenvalue weighted by Gasteiger charge is -2.12. The summed E-state index contributed by atoms with van der Waals surface area (Å²) in [5.74, 6) is -0.160. The number of fused-ring (bicyclic) bond motifs is 1. The van der Waals surface area contributed by atoms with E-state index in [1.165, 1.54) is 6.07 Å². The standard InChI is InChI=1S/C16H13BrFNO/c17-13(8-11-3-1-2-4-14(11)18)10-5-6-15-12(7-10)9-16(20)19-15/h1-7,13H,8-9H2,(H,19,20). The van der Waals surface area contributed by atoms with Crippen molar-refractivity contribution in [3.63, 3.8) is 0 Å². The lowest BCUT2D eigenvalue weighted by atomic mass is 10.0. The minimum absolute atomic E-state index is 0.0253. The van der Waals surface area contributed by atoms with E-state index in [0.29, 0.717) is 18.4 Å². The molecular weight excluding hydrogens is 321 g/mol. The molecule has 4 heteroatoms. The summed E-state index contributed by atoms with van der Waals surface area (Å²) < 4.78 is 13.7. The smallest absolute Gasteiger partial charge is 0.228 e. The molecule has 0 aliphatic carbocycles. The van der Waals surface area contributed by atoms with Crippen molar-refractivity contribution >= 4 is 27.5 Å². The number of anilines is 1. The zero-order chi connectivity index (χ0) is 14.1. The van der Waals surface area contributed by atoms with E-state index in [4.69, 9.17) is 0 Å². The maximum atomic E-state index is 13.7. The van der Waals surface area contributed by atoms with Crippen molar-refractivity contribution < 1.29 is 9.18 Å². The molecule has 0 aromatic heterocycles. The number of benzene rings is 2. The number of amides is 1. The highest BCUT2D eigenvalue weighted by Gasteiger charge is 2.19. The minimum atomic E-state index is -0.185. The monoisotopic (exact) mass is 333 g/mol. The van der Waals surface area contributed by atoms with Gasteiger partial charge in [0.1, 0.15) is 5.82 Å². The summed E-state index contributed by atoms with van der Waals surface area (Å²) in [4.78, 5) is 11.4. The maximum absolute atomic E-state index is 13.7.